The van der Waals surface area contributed by atoms with Crippen LogP contribution in [0.1, 0.15) is 31.2 Å². The minimum atomic E-state index is -4.48. The van der Waals surface area contributed by atoms with Gasteiger partial charge in [0.05, 0.1) is 17.7 Å². The van der Waals surface area contributed by atoms with E-state index in [9.17, 15) is 18.0 Å². The van der Waals surface area contributed by atoms with Crippen molar-refractivity contribution in [2.75, 3.05) is 43.1 Å². The third-order valence-corrected chi connectivity index (χ3v) is 6.87. The highest BCUT2D eigenvalue weighted by atomic mass is 35.5. The second kappa shape index (κ2) is 10.3. The lowest BCUT2D eigenvalue weighted by atomic mass is 9.94. The van der Waals surface area contributed by atoms with Gasteiger partial charge in [-0.25, -0.2) is 4.98 Å². The Balaban J connectivity index is 1.24. The van der Waals surface area contributed by atoms with Gasteiger partial charge in [-0.1, -0.05) is 11.6 Å². The maximum atomic E-state index is 12.8. The first-order valence-electron chi connectivity index (χ1n) is 11.4. The molecule has 4 rings (SSSR count). The number of carbonyl (C=O) groups excluding carboxylic acids is 1. The lowest BCUT2D eigenvalue weighted by Crippen LogP contribution is -2.48. The number of hydrogen-bond acceptors (Lipinski definition) is 5. The van der Waals surface area contributed by atoms with Gasteiger partial charge in [-0.2, -0.15) is 13.2 Å². The van der Waals surface area contributed by atoms with E-state index in [2.05, 4.69) is 15.2 Å². The Kier molecular flexibility index (Phi) is 7.40. The van der Waals surface area contributed by atoms with Gasteiger partial charge in [0.2, 0.25) is 5.91 Å². The van der Waals surface area contributed by atoms with Crippen molar-refractivity contribution in [3.05, 3.63) is 47.1 Å². The van der Waals surface area contributed by atoms with E-state index in [4.69, 9.17) is 16.3 Å². The number of piperidine rings is 2. The highest BCUT2D eigenvalue weighted by Gasteiger charge is 2.33. The largest absolute Gasteiger partial charge is 0.497 e. The van der Waals surface area contributed by atoms with Gasteiger partial charge in [0.25, 0.3) is 0 Å². The summed E-state index contributed by atoms with van der Waals surface area (Å²) in [5, 5.41) is 3.17. The molecule has 1 aromatic carbocycles. The molecule has 0 spiro atoms. The molecule has 2 aromatic rings. The highest BCUT2D eigenvalue weighted by Crippen LogP contribution is 2.34. The number of rotatable bonds is 5. The monoisotopic (exact) mass is 496 g/mol. The van der Waals surface area contributed by atoms with Crippen molar-refractivity contribution in [1.29, 1.82) is 0 Å². The van der Waals surface area contributed by atoms with Crippen molar-refractivity contribution in [3.63, 3.8) is 0 Å². The summed E-state index contributed by atoms with van der Waals surface area (Å²) in [6, 6.07) is 9.03. The normalized spacial score (nSPS) is 18.1. The first kappa shape index (κ1) is 24.4. The lowest BCUT2D eigenvalue weighted by Gasteiger charge is -2.36. The number of halogens is 4. The van der Waals surface area contributed by atoms with Crippen LogP contribution < -0.4 is 19.9 Å². The molecule has 0 radical (unpaired) electrons. The van der Waals surface area contributed by atoms with Crippen molar-refractivity contribution in [1.82, 2.24) is 10.3 Å². The third kappa shape index (κ3) is 5.68. The number of carbonyl (C=O) groups is 1. The second-order valence-electron chi connectivity index (χ2n) is 8.76. The van der Waals surface area contributed by atoms with Gasteiger partial charge >= 0.3 is 6.18 Å². The maximum Gasteiger partial charge on any atom is 0.417 e. The van der Waals surface area contributed by atoms with E-state index in [0.29, 0.717) is 31.7 Å². The molecule has 6 nitrogen and oxygen atoms in total. The SMILES string of the molecule is COc1ccc(N2CCC(NC(=O)C3CCN(c4ncc(C(F)(F)F)cc4Cl)CC3)CC2)cc1. The van der Waals surface area contributed by atoms with E-state index in [1.165, 1.54) is 0 Å². The summed E-state index contributed by atoms with van der Waals surface area (Å²) in [6.45, 7) is 2.78. The molecule has 1 N–H and O–H groups in total. The van der Waals surface area contributed by atoms with Gasteiger partial charge in [-0.15, -0.1) is 0 Å². The number of alkyl halides is 3. The minimum absolute atomic E-state index is 0.0265. The predicted octanol–water partition coefficient (Wildman–Crippen LogP) is 4.76. The molecule has 2 aliphatic heterocycles. The summed E-state index contributed by atoms with van der Waals surface area (Å²) >= 11 is 6.07. The minimum Gasteiger partial charge on any atom is -0.497 e. The molecule has 0 saturated carbocycles. The molecular weight excluding hydrogens is 469 g/mol. The molecule has 0 unspecified atom stereocenters. The van der Waals surface area contributed by atoms with E-state index in [1.54, 1.807) is 7.11 Å². The number of aromatic nitrogens is 1. The Morgan fingerprint density at radius 2 is 1.68 bits per heavy atom. The van der Waals surface area contributed by atoms with Gasteiger partial charge in [-0.05, 0) is 56.0 Å². The van der Waals surface area contributed by atoms with E-state index >= 15 is 0 Å². The first-order chi connectivity index (χ1) is 16.2. The lowest BCUT2D eigenvalue weighted by molar-refractivity contribution is -0.137. The fraction of sp³-hybridized carbons (Fsp3) is 0.500. The predicted molar refractivity (Wildman–Crippen MR) is 126 cm³/mol. The molecule has 1 amide bonds. The summed E-state index contributed by atoms with van der Waals surface area (Å²) in [5.41, 5.74) is 0.280. The van der Waals surface area contributed by atoms with E-state index in [-0.39, 0.29) is 22.9 Å². The summed E-state index contributed by atoms with van der Waals surface area (Å²) in [4.78, 5) is 20.9. The zero-order chi connectivity index (χ0) is 24.3. The smallest absolute Gasteiger partial charge is 0.417 e. The highest BCUT2D eigenvalue weighted by molar-refractivity contribution is 6.33. The number of pyridine rings is 1. The van der Waals surface area contributed by atoms with Crippen molar-refractivity contribution in [2.24, 2.45) is 5.92 Å². The number of nitrogens with zero attached hydrogens (tertiary/aromatic N) is 3. The Hall–Kier alpha value is -2.68. The van der Waals surface area contributed by atoms with Crippen LogP contribution in [0.15, 0.2) is 36.5 Å². The van der Waals surface area contributed by atoms with Crippen LogP contribution in [0, 0.1) is 5.92 Å². The van der Waals surface area contributed by atoms with Crippen molar-refractivity contribution in [2.45, 2.75) is 37.9 Å². The van der Waals surface area contributed by atoms with Crippen LogP contribution in [0.3, 0.4) is 0 Å². The molecule has 0 aliphatic carbocycles. The fourth-order valence-corrected chi connectivity index (χ4v) is 4.85. The van der Waals surface area contributed by atoms with Crippen LogP contribution in [-0.4, -0.2) is 50.2 Å². The quantitative estimate of drug-likeness (QED) is 0.646. The molecule has 3 heterocycles. The van der Waals surface area contributed by atoms with Gasteiger partial charge < -0.3 is 19.9 Å². The fourth-order valence-electron chi connectivity index (χ4n) is 4.57. The van der Waals surface area contributed by atoms with Gasteiger partial charge in [0.1, 0.15) is 11.6 Å². The maximum absolute atomic E-state index is 12.8. The topological polar surface area (TPSA) is 57.7 Å². The van der Waals surface area contributed by atoms with Crippen molar-refractivity contribution >= 4 is 29.0 Å². The zero-order valence-corrected chi connectivity index (χ0v) is 19.7. The van der Waals surface area contributed by atoms with Crippen molar-refractivity contribution < 1.29 is 22.7 Å². The van der Waals surface area contributed by atoms with Crippen LogP contribution >= 0.6 is 11.6 Å². The summed E-state index contributed by atoms with van der Waals surface area (Å²) in [6.07, 6.45) is -0.710. The van der Waals surface area contributed by atoms with E-state index < -0.39 is 11.7 Å². The van der Waals surface area contributed by atoms with E-state index in [1.807, 2.05) is 29.2 Å². The van der Waals surface area contributed by atoms with Crippen LogP contribution in [0.25, 0.3) is 0 Å². The molecule has 184 valence electrons. The first-order valence-corrected chi connectivity index (χ1v) is 11.8. The molecule has 1 aromatic heterocycles. The van der Waals surface area contributed by atoms with Crippen LogP contribution in [0.4, 0.5) is 24.7 Å². The number of benzene rings is 1. The Morgan fingerprint density at radius 3 is 2.24 bits per heavy atom. The third-order valence-electron chi connectivity index (χ3n) is 6.59. The molecule has 0 atom stereocenters. The summed E-state index contributed by atoms with van der Waals surface area (Å²) in [5.74, 6) is 1.09. The number of ether oxygens (including phenoxy) is 1. The molecule has 2 fully saturated rings. The number of anilines is 2. The Labute approximate surface area is 202 Å². The van der Waals surface area contributed by atoms with Crippen LogP contribution in [0.2, 0.25) is 5.02 Å². The summed E-state index contributed by atoms with van der Waals surface area (Å²) in [7, 11) is 1.65. The molecule has 10 heteroatoms. The number of nitrogens with one attached hydrogen (secondary N) is 1. The number of amides is 1. The molecule has 2 aliphatic rings. The average Bonchev–Trinajstić information content (AvgIpc) is 2.84. The van der Waals surface area contributed by atoms with Gasteiger partial charge in [0, 0.05) is 50.0 Å². The molecular formula is C24H28ClF3N4O2. The number of hydrogen-bond donors (Lipinski definition) is 1. The molecule has 34 heavy (non-hydrogen) atoms. The van der Waals surface area contributed by atoms with Crippen molar-refractivity contribution in [3.8, 4) is 5.75 Å². The molecule has 2 saturated heterocycles. The second-order valence-corrected chi connectivity index (χ2v) is 9.16. The summed E-state index contributed by atoms with van der Waals surface area (Å²) < 4.78 is 43.7. The van der Waals surface area contributed by atoms with E-state index in [0.717, 1.165) is 49.6 Å². The Bertz CT molecular complexity index is 987. The van der Waals surface area contributed by atoms with Gasteiger partial charge in [-0.3, -0.25) is 4.79 Å². The molecule has 0 bridgehead atoms. The zero-order valence-electron chi connectivity index (χ0n) is 18.9. The van der Waals surface area contributed by atoms with Crippen LogP contribution in [-0.2, 0) is 11.0 Å². The standard InChI is InChI=1S/C24H28ClF3N4O2/c1-34-20-4-2-19(3-5-20)31-12-8-18(9-13-31)30-23(33)16-6-10-32(11-7-16)22-21(25)14-17(15-29-22)24(26,27)28/h2-5,14-16,18H,6-13H2,1H3,(H,30,33). The Morgan fingerprint density at radius 1 is 1.06 bits per heavy atom. The number of methoxy groups -OCH3 is 1. The average molecular weight is 497 g/mol. The van der Waals surface area contributed by atoms with Crippen LogP contribution in [0.5, 0.6) is 5.75 Å². The van der Waals surface area contributed by atoms with Gasteiger partial charge in [0.15, 0.2) is 0 Å².